The van der Waals surface area contributed by atoms with E-state index in [0.29, 0.717) is 25.6 Å². The fraction of sp³-hybridized carbons (Fsp3) is 0. The molecule has 6 nitrogen and oxygen atoms in total. The maximum absolute atomic E-state index is 10.3. The molecular weight excluding hydrogens is 296 g/mol. The molecule has 0 atom stereocenters. The summed E-state index contributed by atoms with van der Waals surface area (Å²) >= 11 is 0. The first-order valence-corrected chi connectivity index (χ1v) is 8.47. The number of rotatable bonds is 0. The first-order valence-electron chi connectivity index (χ1n) is 2.45. The van der Waals surface area contributed by atoms with E-state index in [0.717, 1.165) is 0 Å². The van der Waals surface area contributed by atoms with Gasteiger partial charge in [0.25, 0.3) is 0 Å². The molecular formula is C6H2MoO6S. The van der Waals surface area contributed by atoms with Crippen LogP contribution < -0.4 is 0 Å². The molecule has 0 aliphatic rings. The van der Waals surface area contributed by atoms with Gasteiger partial charge in [0, 0.05) is 0 Å². The molecule has 0 rings (SSSR count). The Kier molecular flexibility index (Phi) is 3.59. The summed E-state index contributed by atoms with van der Waals surface area (Å²) in [6.07, 6.45) is 0. The maximum atomic E-state index is 10.3. The van der Waals surface area contributed by atoms with Gasteiger partial charge in [-0.15, -0.1) is 0 Å². The van der Waals surface area contributed by atoms with Gasteiger partial charge < -0.3 is 0 Å². The van der Waals surface area contributed by atoms with Crippen molar-refractivity contribution in [2.45, 2.75) is 0 Å². The summed E-state index contributed by atoms with van der Waals surface area (Å²) in [7, 11) is -7.38. The third-order valence-electron chi connectivity index (χ3n) is 1.25. The van der Waals surface area contributed by atoms with Gasteiger partial charge in [-0.1, -0.05) is 0 Å². The molecule has 74 valence electrons. The van der Waals surface area contributed by atoms with Crippen molar-refractivity contribution >= 4 is 39.1 Å². The van der Waals surface area contributed by atoms with E-state index in [4.69, 9.17) is 0 Å². The topological polar surface area (TPSA) is 102 Å². The molecule has 0 amide bonds. The summed E-state index contributed by atoms with van der Waals surface area (Å²) in [6.45, 7) is 0. The van der Waals surface area contributed by atoms with E-state index in [1.54, 1.807) is 0 Å². The van der Waals surface area contributed by atoms with Gasteiger partial charge >= 0.3 is 65.2 Å². The van der Waals surface area contributed by atoms with Crippen LogP contribution in [-0.2, 0) is 39.6 Å². The number of hydrogen-bond donors (Lipinski definition) is 0. The minimum absolute atomic E-state index is 0. The van der Waals surface area contributed by atoms with Gasteiger partial charge in [0.2, 0.25) is 0 Å². The van der Waals surface area contributed by atoms with Crippen LogP contribution in [0.3, 0.4) is 0 Å². The summed E-state index contributed by atoms with van der Waals surface area (Å²) in [5, 5.41) is 0. The van der Waals surface area contributed by atoms with Crippen molar-refractivity contribution in [3.63, 3.8) is 0 Å². The molecule has 14 heavy (non-hydrogen) atoms. The van der Waals surface area contributed by atoms with E-state index >= 15 is 0 Å². The minimum atomic E-state index is -7.38. The van der Waals surface area contributed by atoms with Crippen LogP contribution in [0, 0.1) is 0 Å². The second-order valence-corrected chi connectivity index (χ2v) is 12.0. The number of carbonyl (C=O) groups excluding carboxylic acids is 6. The van der Waals surface area contributed by atoms with Crippen molar-refractivity contribution in [2.75, 3.05) is 0 Å². The Hall–Kier alpha value is -1.48. The van der Waals surface area contributed by atoms with Crippen LogP contribution >= 0.6 is 13.5 Å². The molecule has 0 aromatic heterocycles. The van der Waals surface area contributed by atoms with E-state index in [-0.39, 0.29) is 13.5 Å². The Morgan fingerprint density at radius 3 is 0.643 bits per heavy atom. The molecule has 0 aliphatic carbocycles. The van der Waals surface area contributed by atoms with Crippen LogP contribution in [0.2, 0.25) is 0 Å². The average Bonchev–Trinajstić information content (AvgIpc) is 2.26. The van der Waals surface area contributed by atoms with Crippen LogP contribution in [0.15, 0.2) is 0 Å². The van der Waals surface area contributed by atoms with E-state index in [2.05, 4.69) is 0 Å². The minimum Gasteiger partial charge on any atom is -0.197 e. The molecule has 0 aromatic carbocycles. The summed E-state index contributed by atoms with van der Waals surface area (Å²) in [4.78, 5) is 61.6. The van der Waals surface area contributed by atoms with Crippen molar-refractivity contribution in [3.8, 4) is 0 Å². The monoisotopic (exact) mass is 300 g/mol. The Morgan fingerprint density at radius 1 is 0.500 bits per heavy atom. The Morgan fingerprint density at radius 2 is 0.643 bits per heavy atom. The molecule has 0 saturated carbocycles. The second kappa shape index (κ2) is 3.35. The quantitative estimate of drug-likeness (QED) is 0.467. The third-order valence-corrected chi connectivity index (χ3v) is 7.40. The SMILES string of the molecule is O=[C]=[Mo](=[C]=O)(=[C]=O)(=[C]=O)(=[C]=O)=[C]=O.S. The van der Waals surface area contributed by atoms with Crippen LogP contribution in [0.4, 0.5) is 0 Å². The smallest absolute Gasteiger partial charge is 0.197 e. The maximum Gasteiger partial charge on any atom is -0.197 e. The zero-order valence-corrected chi connectivity index (χ0v) is 9.36. The Labute approximate surface area is 78.7 Å². The van der Waals surface area contributed by atoms with Crippen LogP contribution in [0.5, 0.6) is 0 Å². The first kappa shape index (κ1) is 15.0. The predicted molar refractivity (Wildman–Crippen MR) is 44.5 cm³/mol. The molecule has 0 aromatic rings. The predicted octanol–water partition coefficient (Wildman–Crippen LogP) is -2.27. The molecule has 0 unspecified atom stereocenters. The number of hydrogen-bond acceptors (Lipinski definition) is 6. The third kappa shape index (κ3) is 1.17. The standard InChI is InChI=1S/6CO.Mo.H2S/c6*1-2;;/h;;;;;;;1H2. The molecule has 8 heteroatoms. The van der Waals surface area contributed by atoms with Gasteiger partial charge in [-0.05, 0) is 0 Å². The van der Waals surface area contributed by atoms with Gasteiger partial charge in [0.1, 0.15) is 0 Å². The summed E-state index contributed by atoms with van der Waals surface area (Å²) in [5.41, 5.74) is 0. The van der Waals surface area contributed by atoms with Crippen molar-refractivity contribution in [1.29, 1.82) is 0 Å². The normalized spacial score (nSPS) is 7.71. The van der Waals surface area contributed by atoms with Crippen molar-refractivity contribution in [2.24, 2.45) is 0 Å². The Bertz CT molecular complexity index is 791. The van der Waals surface area contributed by atoms with Crippen molar-refractivity contribution in [1.82, 2.24) is 0 Å². The largest absolute Gasteiger partial charge is 0.197 e. The molecule has 0 N–H and O–H groups in total. The van der Waals surface area contributed by atoms with E-state index in [9.17, 15) is 28.8 Å². The first-order chi connectivity index (χ1) is 5.97. The van der Waals surface area contributed by atoms with E-state index in [1.807, 2.05) is 0 Å². The summed E-state index contributed by atoms with van der Waals surface area (Å²) in [6, 6.07) is 0. The van der Waals surface area contributed by atoms with Crippen molar-refractivity contribution < 1.29 is 39.6 Å². The fourth-order valence-corrected chi connectivity index (χ4v) is 1.51. The van der Waals surface area contributed by atoms with Gasteiger partial charge in [0.15, 0.2) is 0 Å². The van der Waals surface area contributed by atoms with Crippen LogP contribution in [-0.4, -0.2) is 25.6 Å². The van der Waals surface area contributed by atoms with Crippen LogP contribution in [0.1, 0.15) is 0 Å². The van der Waals surface area contributed by atoms with Gasteiger partial charge in [-0.25, -0.2) is 0 Å². The van der Waals surface area contributed by atoms with E-state index < -0.39 is 10.8 Å². The molecule has 0 aliphatic heterocycles. The molecule has 0 fully saturated rings. The fourth-order valence-electron chi connectivity index (χ4n) is 0.255. The zero-order valence-electron chi connectivity index (χ0n) is 6.36. The molecule has 0 bridgehead atoms. The molecule has 0 radical (unpaired) electrons. The van der Waals surface area contributed by atoms with Crippen LogP contribution in [0.25, 0.3) is 0 Å². The van der Waals surface area contributed by atoms with E-state index in [1.165, 1.54) is 0 Å². The van der Waals surface area contributed by atoms with Crippen molar-refractivity contribution in [3.05, 3.63) is 0 Å². The molecule has 0 spiro atoms. The van der Waals surface area contributed by atoms with Gasteiger partial charge in [0.05, 0.1) is 0 Å². The summed E-state index contributed by atoms with van der Waals surface area (Å²) < 4.78 is 3.07. The zero-order chi connectivity index (χ0) is 10.7. The summed E-state index contributed by atoms with van der Waals surface area (Å²) in [5.74, 6) is 0. The second-order valence-electron chi connectivity index (χ2n) is 2.03. The molecule has 0 heterocycles. The van der Waals surface area contributed by atoms with Gasteiger partial charge in [-0.3, -0.25) is 0 Å². The van der Waals surface area contributed by atoms with Gasteiger partial charge in [-0.2, -0.15) is 13.5 Å². The molecule has 0 saturated heterocycles. The Balaban J connectivity index is 0. The average molecular weight is 298 g/mol.